The van der Waals surface area contributed by atoms with Gasteiger partial charge in [-0.2, -0.15) is 0 Å². The highest BCUT2D eigenvalue weighted by atomic mass is 16.5. The maximum atomic E-state index is 12.2. The van der Waals surface area contributed by atoms with Crippen molar-refractivity contribution in [2.24, 2.45) is 0 Å². The molecule has 1 fully saturated rings. The molecular formula is C29H50N2O2. The third kappa shape index (κ3) is 14.5. The highest BCUT2D eigenvalue weighted by molar-refractivity contribution is 5.90. The summed E-state index contributed by atoms with van der Waals surface area (Å²) >= 11 is 0. The second-order valence-corrected chi connectivity index (χ2v) is 9.83. The SMILES string of the molecule is CCCCCCCCCCCCCCCCCC(=O)Nc1ccc(CN2CCOCC2)cc1. The maximum absolute atomic E-state index is 12.2. The van der Waals surface area contributed by atoms with Gasteiger partial charge in [0.25, 0.3) is 0 Å². The first kappa shape index (κ1) is 27.9. The molecule has 0 saturated carbocycles. The topological polar surface area (TPSA) is 41.6 Å². The molecule has 0 unspecified atom stereocenters. The van der Waals surface area contributed by atoms with Gasteiger partial charge in [0.15, 0.2) is 0 Å². The first-order valence-electron chi connectivity index (χ1n) is 14.0. The van der Waals surface area contributed by atoms with Gasteiger partial charge in [0.1, 0.15) is 0 Å². The van der Waals surface area contributed by atoms with E-state index in [2.05, 4.69) is 29.3 Å². The van der Waals surface area contributed by atoms with Crippen LogP contribution in [0.25, 0.3) is 0 Å². The van der Waals surface area contributed by atoms with E-state index in [1.54, 1.807) is 0 Å². The number of hydrogen-bond acceptors (Lipinski definition) is 3. The van der Waals surface area contributed by atoms with Crippen LogP contribution in [0, 0.1) is 0 Å². The summed E-state index contributed by atoms with van der Waals surface area (Å²) in [5.41, 5.74) is 2.20. The second kappa shape index (κ2) is 19.0. The predicted molar refractivity (Wildman–Crippen MR) is 141 cm³/mol. The molecule has 1 amide bonds. The van der Waals surface area contributed by atoms with Crippen molar-refractivity contribution < 1.29 is 9.53 Å². The van der Waals surface area contributed by atoms with Crippen molar-refractivity contribution in [3.05, 3.63) is 29.8 Å². The molecule has 33 heavy (non-hydrogen) atoms. The minimum Gasteiger partial charge on any atom is -0.379 e. The number of benzene rings is 1. The Morgan fingerprint density at radius 1 is 0.758 bits per heavy atom. The van der Waals surface area contributed by atoms with Crippen LogP contribution in [0.3, 0.4) is 0 Å². The largest absolute Gasteiger partial charge is 0.379 e. The monoisotopic (exact) mass is 458 g/mol. The van der Waals surface area contributed by atoms with Crippen LogP contribution in [0.15, 0.2) is 24.3 Å². The number of nitrogens with one attached hydrogen (secondary N) is 1. The van der Waals surface area contributed by atoms with E-state index in [4.69, 9.17) is 4.74 Å². The zero-order valence-corrected chi connectivity index (χ0v) is 21.4. The summed E-state index contributed by atoms with van der Waals surface area (Å²) in [6.45, 7) is 6.89. The Labute approximate surface area is 203 Å². The van der Waals surface area contributed by atoms with Gasteiger partial charge in [-0.15, -0.1) is 0 Å². The summed E-state index contributed by atoms with van der Waals surface area (Å²) in [6.07, 6.45) is 20.9. The highest BCUT2D eigenvalue weighted by Gasteiger charge is 2.10. The van der Waals surface area contributed by atoms with Gasteiger partial charge in [-0.1, -0.05) is 109 Å². The van der Waals surface area contributed by atoms with Crippen molar-refractivity contribution in [3.8, 4) is 0 Å². The van der Waals surface area contributed by atoms with Crippen molar-refractivity contribution >= 4 is 11.6 Å². The highest BCUT2D eigenvalue weighted by Crippen LogP contribution is 2.15. The molecule has 1 aliphatic rings. The Balaban J connectivity index is 1.38. The maximum Gasteiger partial charge on any atom is 0.224 e. The van der Waals surface area contributed by atoms with Gasteiger partial charge in [-0.25, -0.2) is 0 Å². The molecular weight excluding hydrogens is 408 g/mol. The van der Waals surface area contributed by atoms with Gasteiger partial charge in [-0.05, 0) is 24.1 Å². The van der Waals surface area contributed by atoms with Crippen LogP contribution in [0.4, 0.5) is 5.69 Å². The number of amides is 1. The predicted octanol–water partition coefficient (Wildman–Crippen LogP) is 7.72. The normalized spacial score (nSPS) is 14.5. The molecule has 188 valence electrons. The summed E-state index contributed by atoms with van der Waals surface area (Å²) in [5.74, 6) is 0.144. The van der Waals surface area contributed by atoms with Crippen molar-refractivity contribution in [2.45, 2.75) is 116 Å². The molecule has 0 bridgehead atoms. The summed E-state index contributed by atoms with van der Waals surface area (Å²) in [7, 11) is 0. The van der Waals surface area contributed by atoms with Crippen LogP contribution >= 0.6 is 0 Å². The van der Waals surface area contributed by atoms with Gasteiger partial charge < -0.3 is 10.1 Å². The lowest BCUT2D eigenvalue weighted by Crippen LogP contribution is -2.35. The molecule has 4 heteroatoms. The molecule has 2 rings (SSSR count). The molecule has 4 nitrogen and oxygen atoms in total. The smallest absolute Gasteiger partial charge is 0.224 e. The van der Waals surface area contributed by atoms with Crippen LogP contribution in [0.2, 0.25) is 0 Å². The summed E-state index contributed by atoms with van der Waals surface area (Å²) in [5, 5.41) is 3.05. The van der Waals surface area contributed by atoms with E-state index in [1.807, 2.05) is 12.1 Å². The number of unbranched alkanes of at least 4 members (excludes halogenated alkanes) is 14. The van der Waals surface area contributed by atoms with Crippen LogP contribution in [0.1, 0.15) is 115 Å². The van der Waals surface area contributed by atoms with E-state index >= 15 is 0 Å². The Hall–Kier alpha value is -1.39. The number of morpholine rings is 1. The zero-order chi connectivity index (χ0) is 23.4. The third-order valence-corrected chi connectivity index (χ3v) is 6.75. The quantitative estimate of drug-likeness (QED) is 0.216. The molecule has 0 atom stereocenters. The number of carbonyl (C=O) groups excluding carboxylic acids is 1. The molecule has 1 saturated heterocycles. The Morgan fingerprint density at radius 3 is 1.76 bits per heavy atom. The first-order valence-corrected chi connectivity index (χ1v) is 14.0. The number of ether oxygens (including phenoxy) is 1. The molecule has 1 aromatic carbocycles. The second-order valence-electron chi connectivity index (χ2n) is 9.83. The number of hydrogen-bond donors (Lipinski definition) is 1. The lowest BCUT2D eigenvalue weighted by Gasteiger charge is -2.26. The third-order valence-electron chi connectivity index (χ3n) is 6.75. The van der Waals surface area contributed by atoms with E-state index in [0.717, 1.165) is 45.0 Å². The zero-order valence-electron chi connectivity index (χ0n) is 21.4. The fourth-order valence-electron chi connectivity index (χ4n) is 4.59. The molecule has 0 aliphatic carbocycles. The Morgan fingerprint density at radius 2 is 1.24 bits per heavy atom. The van der Waals surface area contributed by atoms with Crippen molar-refractivity contribution in [3.63, 3.8) is 0 Å². The van der Waals surface area contributed by atoms with Gasteiger partial charge in [0, 0.05) is 31.7 Å². The average Bonchev–Trinajstić information content (AvgIpc) is 2.83. The van der Waals surface area contributed by atoms with E-state index in [0.29, 0.717) is 6.42 Å². The lowest BCUT2D eigenvalue weighted by atomic mass is 10.0. The molecule has 0 radical (unpaired) electrons. The Bertz CT molecular complexity index is 596. The molecule has 0 aromatic heterocycles. The minimum absolute atomic E-state index is 0.144. The molecule has 1 heterocycles. The van der Waals surface area contributed by atoms with E-state index in [1.165, 1.54) is 95.5 Å². The van der Waals surface area contributed by atoms with E-state index < -0.39 is 0 Å². The lowest BCUT2D eigenvalue weighted by molar-refractivity contribution is -0.116. The Kier molecular flexibility index (Phi) is 16.0. The van der Waals surface area contributed by atoms with Gasteiger partial charge in [0.2, 0.25) is 5.91 Å². The van der Waals surface area contributed by atoms with Crippen molar-refractivity contribution in [1.29, 1.82) is 0 Å². The first-order chi connectivity index (χ1) is 16.3. The molecule has 1 aliphatic heterocycles. The van der Waals surface area contributed by atoms with Gasteiger partial charge >= 0.3 is 0 Å². The fourth-order valence-corrected chi connectivity index (χ4v) is 4.59. The number of nitrogens with zero attached hydrogens (tertiary/aromatic N) is 1. The van der Waals surface area contributed by atoms with E-state index in [-0.39, 0.29) is 5.91 Å². The number of carbonyl (C=O) groups is 1. The number of anilines is 1. The summed E-state index contributed by atoms with van der Waals surface area (Å²) in [4.78, 5) is 14.6. The van der Waals surface area contributed by atoms with Crippen molar-refractivity contribution in [2.75, 3.05) is 31.6 Å². The average molecular weight is 459 g/mol. The van der Waals surface area contributed by atoms with Gasteiger partial charge in [-0.3, -0.25) is 9.69 Å². The molecule has 1 N–H and O–H groups in total. The van der Waals surface area contributed by atoms with Crippen LogP contribution in [-0.2, 0) is 16.1 Å². The fraction of sp³-hybridized carbons (Fsp3) is 0.759. The minimum atomic E-state index is 0.144. The van der Waals surface area contributed by atoms with Crippen LogP contribution in [0.5, 0.6) is 0 Å². The van der Waals surface area contributed by atoms with Crippen molar-refractivity contribution in [1.82, 2.24) is 4.90 Å². The summed E-state index contributed by atoms with van der Waals surface area (Å²) in [6, 6.07) is 8.30. The van der Waals surface area contributed by atoms with Crippen LogP contribution < -0.4 is 5.32 Å². The molecule has 1 aromatic rings. The molecule has 0 spiro atoms. The van der Waals surface area contributed by atoms with Gasteiger partial charge in [0.05, 0.1) is 13.2 Å². The number of rotatable bonds is 19. The van der Waals surface area contributed by atoms with E-state index in [9.17, 15) is 4.79 Å². The summed E-state index contributed by atoms with van der Waals surface area (Å²) < 4.78 is 5.40. The standard InChI is InChI=1S/C29H50N2O2/c1-2-3-4-5-6-7-8-9-10-11-12-13-14-15-16-17-29(32)30-28-20-18-27(19-21-28)26-31-22-24-33-25-23-31/h18-21H,2-17,22-26H2,1H3,(H,30,32). The van der Waals surface area contributed by atoms with Crippen LogP contribution in [-0.4, -0.2) is 37.1 Å².